The topological polar surface area (TPSA) is 139 Å². The molecule has 55 heavy (non-hydrogen) atoms. The van der Waals surface area contributed by atoms with Gasteiger partial charge in [0.1, 0.15) is 6.10 Å². The molecule has 9 nitrogen and oxygen atoms in total. The molecule has 0 aromatic heterocycles. The van der Waals surface area contributed by atoms with Crippen LogP contribution in [0.2, 0.25) is 0 Å². The number of sulfone groups is 1. The number of rotatable bonds is 9. The summed E-state index contributed by atoms with van der Waals surface area (Å²) in [5.74, 6) is 2.30. The molecule has 0 aromatic rings. The highest BCUT2D eigenvalue weighted by Gasteiger charge is 2.71. The quantitative estimate of drug-likeness (QED) is 0.208. The third-order valence-corrected chi connectivity index (χ3v) is 21.1. The highest BCUT2D eigenvalue weighted by Crippen LogP contribution is 2.76. The smallest absolute Gasteiger partial charge is 0.309 e. The Hall–Kier alpha value is -1.23. The number of esters is 1. The van der Waals surface area contributed by atoms with Gasteiger partial charge in [-0.2, -0.15) is 0 Å². The Morgan fingerprint density at radius 1 is 0.818 bits per heavy atom. The van der Waals surface area contributed by atoms with Gasteiger partial charge in [0, 0.05) is 42.7 Å². The normalized spacial score (nSPS) is 46.9. The van der Waals surface area contributed by atoms with E-state index in [1.807, 2.05) is 13.8 Å². The van der Waals surface area contributed by atoms with Gasteiger partial charge in [0.2, 0.25) is 0 Å². The van der Waals surface area contributed by atoms with Gasteiger partial charge in [0.15, 0.2) is 9.84 Å². The van der Waals surface area contributed by atoms with Gasteiger partial charge in [-0.15, -0.1) is 0 Å². The van der Waals surface area contributed by atoms with E-state index in [1.54, 1.807) is 0 Å². The zero-order valence-corrected chi connectivity index (χ0v) is 36.9. The molecule has 0 radical (unpaired) electrons. The Morgan fingerprint density at radius 2 is 1.49 bits per heavy atom. The summed E-state index contributed by atoms with van der Waals surface area (Å²) in [6.45, 7) is 25.5. The molecule has 0 aromatic carbocycles. The second kappa shape index (κ2) is 13.9. The number of carbonyl (C=O) groups excluding carboxylic acids is 1. The summed E-state index contributed by atoms with van der Waals surface area (Å²) in [4.78, 5) is 27.8. The monoisotopic (exact) mass is 788 g/mol. The van der Waals surface area contributed by atoms with Crippen LogP contribution in [0.15, 0.2) is 0 Å². The van der Waals surface area contributed by atoms with Crippen molar-refractivity contribution in [1.82, 2.24) is 10.2 Å². The van der Waals surface area contributed by atoms with Crippen LogP contribution in [0, 0.1) is 74.4 Å². The fourth-order valence-electron chi connectivity index (χ4n) is 15.9. The van der Waals surface area contributed by atoms with Crippen molar-refractivity contribution in [2.24, 2.45) is 80.2 Å². The first-order chi connectivity index (χ1) is 25.5. The van der Waals surface area contributed by atoms with Crippen molar-refractivity contribution in [3.05, 3.63) is 0 Å². The number of carboxylic acid groups (broad SMARTS) is 1. The molecule has 7 fully saturated rings. The van der Waals surface area contributed by atoms with Crippen LogP contribution in [0.4, 0.5) is 0 Å². The van der Waals surface area contributed by atoms with Gasteiger partial charge in [-0.25, -0.2) is 8.42 Å². The molecule has 0 amide bonds. The maximum absolute atomic E-state index is 13.6. The predicted molar refractivity (Wildman–Crippen MR) is 218 cm³/mol. The molecule has 1 aliphatic heterocycles. The molecule has 0 bridgehead atoms. The third kappa shape index (κ3) is 6.40. The van der Waals surface area contributed by atoms with Gasteiger partial charge in [-0.3, -0.25) is 14.5 Å². The summed E-state index contributed by atoms with van der Waals surface area (Å²) in [5, 5.41) is 14.0. The molecule has 7 rings (SSSR count). The molecule has 0 unspecified atom stereocenters. The van der Waals surface area contributed by atoms with Crippen molar-refractivity contribution in [2.45, 2.75) is 164 Å². The number of fused-ring (bicyclic) bond motifs is 7. The van der Waals surface area contributed by atoms with E-state index in [0.717, 1.165) is 25.8 Å². The highest BCUT2D eigenvalue weighted by atomic mass is 32.2. The van der Waals surface area contributed by atoms with E-state index in [4.69, 9.17) is 10.5 Å². The lowest BCUT2D eigenvalue weighted by atomic mass is 9.32. The molecular formula is C45H77N3O6S. The number of aliphatic carboxylic acids is 1. The summed E-state index contributed by atoms with van der Waals surface area (Å²) in [7, 11) is -2.95. The first-order valence-electron chi connectivity index (χ1n) is 22.3. The van der Waals surface area contributed by atoms with Crippen LogP contribution < -0.4 is 11.1 Å². The number of hydrogen-bond donors (Lipinski definition) is 3. The minimum absolute atomic E-state index is 0.0400. The van der Waals surface area contributed by atoms with Crippen LogP contribution >= 0.6 is 0 Å². The second-order valence-corrected chi connectivity index (χ2v) is 24.9. The number of nitrogens with zero attached hydrogens (tertiary/aromatic N) is 1. The standard InChI is InChI=1S/C45H77N3O6S/c1-27(2)29-13-18-45(47-26-33(28(3)46)48-21-23-55(52,53)24-22-48)20-19-43(9)30(37(29)45)11-12-35-42(8)16-15-36(41(6,7)34(42)14-17-44(35,43)10)54-39(51)32-25-31(38(49)50)40(32,4)5/h27-37,47H,11-26,46H2,1-10H3,(H,49,50)/t28-,29+,30-,31+,32-,33-,34+,35-,36+,37-,42+,43-,44-,45+/m1/s1. The van der Waals surface area contributed by atoms with Crippen LogP contribution in [0.3, 0.4) is 0 Å². The van der Waals surface area contributed by atoms with Crippen molar-refractivity contribution >= 4 is 21.8 Å². The Morgan fingerprint density at radius 3 is 2.09 bits per heavy atom. The van der Waals surface area contributed by atoms with Crippen LogP contribution in [-0.2, 0) is 24.2 Å². The van der Waals surface area contributed by atoms with Gasteiger partial charge in [0.05, 0.1) is 23.3 Å². The minimum atomic E-state index is -2.95. The zero-order chi connectivity index (χ0) is 40.3. The van der Waals surface area contributed by atoms with Gasteiger partial charge in [0.25, 0.3) is 0 Å². The molecule has 1 saturated heterocycles. The Labute approximate surface area is 333 Å². The largest absolute Gasteiger partial charge is 0.481 e. The molecule has 0 spiro atoms. The van der Waals surface area contributed by atoms with E-state index in [-0.39, 0.29) is 68.8 Å². The molecule has 6 saturated carbocycles. The van der Waals surface area contributed by atoms with Crippen molar-refractivity contribution < 1.29 is 27.9 Å². The number of nitrogens with two attached hydrogens (primary N) is 1. The molecule has 314 valence electrons. The first kappa shape index (κ1) is 41.9. The van der Waals surface area contributed by atoms with E-state index in [9.17, 15) is 23.1 Å². The van der Waals surface area contributed by atoms with Crippen molar-refractivity contribution in [2.75, 3.05) is 31.1 Å². The zero-order valence-electron chi connectivity index (χ0n) is 36.1. The summed E-state index contributed by atoms with van der Waals surface area (Å²) in [5.41, 5.74) is 6.67. The van der Waals surface area contributed by atoms with E-state index in [0.29, 0.717) is 55.0 Å². The van der Waals surface area contributed by atoms with E-state index >= 15 is 0 Å². The predicted octanol–water partition coefficient (Wildman–Crippen LogP) is 7.17. The summed E-state index contributed by atoms with van der Waals surface area (Å²) in [6.07, 6.45) is 12.0. The Balaban J connectivity index is 1.10. The molecule has 6 aliphatic carbocycles. The van der Waals surface area contributed by atoms with Crippen LogP contribution in [0.25, 0.3) is 0 Å². The molecule has 14 atom stereocenters. The summed E-state index contributed by atoms with van der Waals surface area (Å²) >= 11 is 0. The number of hydrogen-bond acceptors (Lipinski definition) is 8. The summed E-state index contributed by atoms with van der Waals surface area (Å²) < 4.78 is 31.0. The lowest BCUT2D eigenvalue weighted by Crippen LogP contribution is -2.69. The number of carbonyl (C=O) groups is 2. The van der Waals surface area contributed by atoms with Crippen molar-refractivity contribution in [1.29, 1.82) is 0 Å². The fraction of sp³-hybridized carbons (Fsp3) is 0.956. The molecule has 7 aliphatic rings. The second-order valence-electron chi connectivity index (χ2n) is 22.6. The molecule has 1 heterocycles. The number of carboxylic acids is 1. The molecule has 10 heteroatoms. The number of ether oxygens (including phenoxy) is 1. The molecular weight excluding hydrogens is 711 g/mol. The maximum Gasteiger partial charge on any atom is 0.309 e. The van der Waals surface area contributed by atoms with Crippen molar-refractivity contribution in [3.8, 4) is 0 Å². The lowest BCUT2D eigenvalue weighted by Gasteiger charge is -2.73. The van der Waals surface area contributed by atoms with Gasteiger partial charge in [-0.1, -0.05) is 62.3 Å². The van der Waals surface area contributed by atoms with Crippen molar-refractivity contribution in [3.63, 3.8) is 0 Å². The van der Waals surface area contributed by atoms with E-state index in [2.05, 4.69) is 65.6 Å². The van der Waals surface area contributed by atoms with Crippen LogP contribution in [0.1, 0.15) is 140 Å². The minimum Gasteiger partial charge on any atom is -0.481 e. The van der Waals surface area contributed by atoms with E-state index in [1.165, 1.54) is 44.9 Å². The van der Waals surface area contributed by atoms with Crippen LogP contribution in [0.5, 0.6) is 0 Å². The third-order valence-electron chi connectivity index (χ3n) is 19.5. The summed E-state index contributed by atoms with van der Waals surface area (Å²) in [6, 6.07) is 0.0850. The lowest BCUT2D eigenvalue weighted by molar-refractivity contribution is -0.249. The number of nitrogens with one attached hydrogen (secondary N) is 1. The Bertz CT molecular complexity index is 1600. The maximum atomic E-state index is 13.6. The average molecular weight is 788 g/mol. The van der Waals surface area contributed by atoms with Gasteiger partial charge < -0.3 is 20.9 Å². The van der Waals surface area contributed by atoms with E-state index < -0.39 is 27.1 Å². The average Bonchev–Trinajstić information content (AvgIpc) is 3.46. The molecule has 4 N–H and O–H groups in total. The van der Waals surface area contributed by atoms with Gasteiger partial charge in [-0.05, 0) is 135 Å². The fourth-order valence-corrected chi connectivity index (χ4v) is 17.1. The SMILES string of the molecule is CC(C)[C@@H]1CC[C@]2(NC[C@H]([C@@H](C)N)N3CCS(=O)(=O)CC3)CC[C@]3(C)[C@H](CC[C@@H]4[C@@]5(C)CC[C@H](OC(=O)[C@H]6C[C@@H](C(=O)O)C6(C)C)C(C)(C)[C@@H]5CC[C@]43C)[C@@H]12. The first-order valence-corrected chi connectivity index (χ1v) is 24.2. The van der Waals surface area contributed by atoms with Gasteiger partial charge >= 0.3 is 11.9 Å². The Kier molecular flexibility index (Phi) is 10.6. The van der Waals surface area contributed by atoms with Crippen LogP contribution in [-0.4, -0.2) is 85.2 Å². The highest BCUT2D eigenvalue weighted by molar-refractivity contribution is 7.91.